The third-order valence-electron chi connectivity index (χ3n) is 5.18. The molecular weight excluding hydrogens is 368 g/mol. The first-order chi connectivity index (χ1) is 14.1. The summed E-state index contributed by atoms with van der Waals surface area (Å²) < 4.78 is 5.22. The maximum Gasteiger partial charge on any atom is 0.261 e. The van der Waals surface area contributed by atoms with E-state index in [9.17, 15) is 14.4 Å². The number of methoxy groups -OCH3 is 1. The Bertz CT molecular complexity index is 1140. The topological polar surface area (TPSA) is 88.3 Å². The summed E-state index contributed by atoms with van der Waals surface area (Å²) in [5, 5.41) is 2.68. The van der Waals surface area contributed by atoms with Crippen LogP contribution in [0.15, 0.2) is 65.5 Å². The van der Waals surface area contributed by atoms with Crippen LogP contribution in [0.5, 0.6) is 5.75 Å². The van der Waals surface area contributed by atoms with E-state index < -0.39 is 11.5 Å². The summed E-state index contributed by atoms with van der Waals surface area (Å²) in [6.07, 6.45) is 0.894. The maximum atomic E-state index is 12.7. The fourth-order valence-electron chi connectivity index (χ4n) is 3.70. The molecule has 1 unspecified atom stereocenters. The van der Waals surface area contributed by atoms with Gasteiger partial charge in [-0.25, -0.2) is 0 Å². The zero-order valence-electron chi connectivity index (χ0n) is 15.9. The Balaban J connectivity index is 1.63. The number of anilines is 1. The number of carbonyl (C=O) groups is 2. The van der Waals surface area contributed by atoms with Gasteiger partial charge in [0.15, 0.2) is 5.78 Å². The van der Waals surface area contributed by atoms with Gasteiger partial charge in [-0.3, -0.25) is 14.4 Å². The molecule has 1 atom stereocenters. The van der Waals surface area contributed by atoms with Crippen LogP contribution in [0.1, 0.15) is 44.3 Å². The molecule has 1 heterocycles. The van der Waals surface area contributed by atoms with Gasteiger partial charge in [0, 0.05) is 17.7 Å². The average Bonchev–Trinajstić information content (AvgIpc) is 2.74. The molecule has 6 nitrogen and oxygen atoms in total. The first-order valence-corrected chi connectivity index (χ1v) is 9.35. The molecular formula is C23H20N2O4. The third-order valence-corrected chi connectivity index (χ3v) is 5.18. The molecule has 0 bridgehead atoms. The van der Waals surface area contributed by atoms with Gasteiger partial charge in [0.1, 0.15) is 11.3 Å². The van der Waals surface area contributed by atoms with Gasteiger partial charge in [0.05, 0.1) is 12.8 Å². The summed E-state index contributed by atoms with van der Waals surface area (Å²) in [6.45, 7) is 0. The van der Waals surface area contributed by atoms with E-state index in [2.05, 4.69) is 10.3 Å². The molecule has 29 heavy (non-hydrogen) atoms. The van der Waals surface area contributed by atoms with Gasteiger partial charge in [-0.15, -0.1) is 0 Å². The smallest absolute Gasteiger partial charge is 0.261 e. The van der Waals surface area contributed by atoms with Gasteiger partial charge in [-0.05, 0) is 36.1 Å². The van der Waals surface area contributed by atoms with E-state index in [1.807, 2.05) is 30.3 Å². The van der Waals surface area contributed by atoms with Gasteiger partial charge in [-0.2, -0.15) is 0 Å². The number of hydrogen-bond acceptors (Lipinski definition) is 4. The highest BCUT2D eigenvalue weighted by molar-refractivity contribution is 6.07. The molecule has 4 rings (SSSR count). The number of aromatic nitrogens is 1. The van der Waals surface area contributed by atoms with E-state index >= 15 is 0 Å². The zero-order valence-corrected chi connectivity index (χ0v) is 15.9. The van der Waals surface area contributed by atoms with Crippen LogP contribution >= 0.6 is 0 Å². The van der Waals surface area contributed by atoms with Crippen LogP contribution in [-0.2, 0) is 6.42 Å². The number of aromatic amines is 1. The minimum Gasteiger partial charge on any atom is -0.495 e. The van der Waals surface area contributed by atoms with Gasteiger partial charge in [0.2, 0.25) is 0 Å². The van der Waals surface area contributed by atoms with Crippen LogP contribution in [-0.4, -0.2) is 23.8 Å². The van der Waals surface area contributed by atoms with Crippen LogP contribution in [0.4, 0.5) is 5.69 Å². The van der Waals surface area contributed by atoms with Crippen LogP contribution in [0.2, 0.25) is 0 Å². The van der Waals surface area contributed by atoms with E-state index in [0.29, 0.717) is 35.5 Å². The van der Waals surface area contributed by atoms with Crippen molar-refractivity contribution in [3.05, 3.63) is 93.4 Å². The first kappa shape index (κ1) is 18.7. The molecule has 0 aliphatic heterocycles. The Kier molecular flexibility index (Phi) is 4.99. The summed E-state index contributed by atoms with van der Waals surface area (Å²) in [7, 11) is 1.50. The lowest BCUT2D eigenvalue weighted by molar-refractivity contribution is 0.0963. The number of carbonyl (C=O) groups excluding carboxylic acids is 2. The monoisotopic (exact) mass is 388 g/mol. The molecule has 146 valence electrons. The van der Waals surface area contributed by atoms with Crippen molar-refractivity contribution in [2.45, 2.75) is 18.8 Å². The Morgan fingerprint density at radius 2 is 1.76 bits per heavy atom. The van der Waals surface area contributed by atoms with Crippen molar-refractivity contribution in [2.75, 3.05) is 12.4 Å². The van der Waals surface area contributed by atoms with E-state index in [1.54, 1.807) is 24.3 Å². The van der Waals surface area contributed by atoms with Gasteiger partial charge in [-0.1, -0.05) is 42.5 Å². The predicted octanol–water partition coefficient (Wildman–Crippen LogP) is 3.55. The predicted molar refractivity (Wildman–Crippen MR) is 110 cm³/mol. The average molecular weight is 388 g/mol. The lowest BCUT2D eigenvalue weighted by Crippen LogP contribution is -2.29. The molecule has 0 fully saturated rings. The minimum absolute atomic E-state index is 0.0140. The molecule has 2 N–H and O–H groups in total. The second-order valence-electron chi connectivity index (χ2n) is 7.00. The molecule has 3 aromatic rings. The molecule has 1 amide bonds. The summed E-state index contributed by atoms with van der Waals surface area (Å²) in [5.41, 5.74) is 1.88. The highest BCUT2D eigenvalue weighted by atomic mass is 16.5. The lowest BCUT2D eigenvalue weighted by Gasteiger charge is -2.24. The maximum absolute atomic E-state index is 12.7. The number of fused-ring (bicyclic) bond motifs is 1. The molecule has 0 saturated heterocycles. The number of ketones is 1. The SMILES string of the molecule is COc1ccccc1NC(=O)c1cc2c([nH]c1=O)CC(c1ccccc1)CC2=O. The molecule has 1 aliphatic rings. The molecule has 6 heteroatoms. The number of ether oxygens (including phenoxy) is 1. The van der Waals surface area contributed by atoms with Gasteiger partial charge < -0.3 is 15.0 Å². The minimum atomic E-state index is -0.587. The highest BCUT2D eigenvalue weighted by Crippen LogP contribution is 2.31. The Labute approximate surface area is 167 Å². The lowest BCUT2D eigenvalue weighted by atomic mass is 9.81. The number of nitrogens with one attached hydrogen (secondary N) is 2. The number of para-hydroxylation sites is 2. The summed E-state index contributed by atoms with van der Waals surface area (Å²) >= 11 is 0. The summed E-state index contributed by atoms with van der Waals surface area (Å²) in [5.74, 6) is -0.170. The number of pyridine rings is 1. The first-order valence-electron chi connectivity index (χ1n) is 9.35. The van der Waals surface area contributed by atoms with E-state index in [4.69, 9.17) is 4.74 Å². The highest BCUT2D eigenvalue weighted by Gasteiger charge is 2.28. The standard InChI is InChI=1S/C23H20N2O4/c1-29-21-10-6-5-9-18(21)24-22(27)17-13-16-19(25-23(17)28)11-15(12-20(16)26)14-7-3-2-4-8-14/h2-10,13,15H,11-12H2,1H3,(H,24,27)(H,25,28). The second kappa shape index (κ2) is 7.75. The largest absolute Gasteiger partial charge is 0.495 e. The Hall–Kier alpha value is -3.67. The fraction of sp³-hybridized carbons (Fsp3) is 0.174. The molecule has 0 spiro atoms. The number of hydrogen-bond donors (Lipinski definition) is 2. The number of Topliss-reactive ketones (excluding diaryl/α,β-unsaturated/α-hetero) is 1. The van der Waals surface area contributed by atoms with Crippen LogP contribution in [0, 0.1) is 0 Å². The fourth-order valence-corrected chi connectivity index (χ4v) is 3.70. The van der Waals surface area contributed by atoms with E-state index in [-0.39, 0.29) is 17.3 Å². The van der Waals surface area contributed by atoms with Crippen molar-refractivity contribution < 1.29 is 14.3 Å². The number of rotatable bonds is 4. The zero-order chi connectivity index (χ0) is 20.4. The van der Waals surface area contributed by atoms with E-state index in [0.717, 1.165) is 5.56 Å². The Morgan fingerprint density at radius 1 is 1.03 bits per heavy atom. The quantitative estimate of drug-likeness (QED) is 0.715. The molecule has 1 aromatic heterocycles. The summed E-state index contributed by atoms with van der Waals surface area (Å²) in [6, 6.07) is 18.1. The van der Waals surface area contributed by atoms with Gasteiger partial charge in [0.25, 0.3) is 11.5 Å². The van der Waals surface area contributed by atoms with Crippen molar-refractivity contribution in [1.29, 1.82) is 0 Å². The van der Waals surface area contributed by atoms with Gasteiger partial charge >= 0.3 is 0 Å². The van der Waals surface area contributed by atoms with Crippen LogP contribution < -0.4 is 15.6 Å². The molecule has 0 radical (unpaired) electrons. The van der Waals surface area contributed by atoms with Crippen LogP contribution in [0.25, 0.3) is 0 Å². The molecule has 2 aromatic carbocycles. The number of H-pyrrole nitrogens is 1. The van der Waals surface area contributed by atoms with Crippen molar-refractivity contribution in [3.63, 3.8) is 0 Å². The molecule has 0 saturated carbocycles. The normalized spacial score (nSPS) is 15.5. The third kappa shape index (κ3) is 3.69. The number of amides is 1. The van der Waals surface area contributed by atoms with Crippen LogP contribution in [0.3, 0.4) is 0 Å². The van der Waals surface area contributed by atoms with Crippen molar-refractivity contribution >= 4 is 17.4 Å². The van der Waals surface area contributed by atoms with E-state index in [1.165, 1.54) is 13.2 Å². The van der Waals surface area contributed by atoms with Crippen molar-refractivity contribution in [3.8, 4) is 5.75 Å². The summed E-state index contributed by atoms with van der Waals surface area (Å²) in [4.78, 5) is 40.7. The Morgan fingerprint density at radius 3 is 2.52 bits per heavy atom. The second-order valence-corrected chi connectivity index (χ2v) is 7.00. The number of benzene rings is 2. The van der Waals surface area contributed by atoms with Crippen molar-refractivity contribution in [2.24, 2.45) is 0 Å². The molecule has 1 aliphatic carbocycles. The van der Waals surface area contributed by atoms with Crippen molar-refractivity contribution in [1.82, 2.24) is 4.98 Å².